The predicted octanol–water partition coefficient (Wildman–Crippen LogP) is 5.73. The molecule has 24 heavy (non-hydrogen) atoms. The second-order valence-corrected chi connectivity index (χ2v) is 11.8. The van der Waals surface area contributed by atoms with Crippen LogP contribution in [0.25, 0.3) is 12.2 Å². The first-order chi connectivity index (χ1) is 11.4. The lowest BCUT2D eigenvalue weighted by Crippen LogP contribution is -2.21. The summed E-state index contributed by atoms with van der Waals surface area (Å²) in [7, 11) is 1.74. The van der Waals surface area contributed by atoms with E-state index in [0.717, 1.165) is 27.5 Å². The fourth-order valence-electron chi connectivity index (χ4n) is 1.92. The van der Waals surface area contributed by atoms with Crippen molar-refractivity contribution in [3.05, 3.63) is 53.6 Å². The Labute approximate surface area is 150 Å². The van der Waals surface area contributed by atoms with Gasteiger partial charge in [0.1, 0.15) is 11.5 Å². The van der Waals surface area contributed by atoms with Crippen LogP contribution in [0.15, 0.2) is 47.4 Å². The van der Waals surface area contributed by atoms with Crippen LogP contribution in [-0.4, -0.2) is 22.5 Å². The highest BCUT2D eigenvalue weighted by molar-refractivity contribution is 7.95. The van der Waals surface area contributed by atoms with Crippen LogP contribution in [0, 0.1) is 0 Å². The molecular formula is C19H24O3SSi. The zero-order valence-electron chi connectivity index (χ0n) is 14.8. The number of ether oxygens (including phenoxy) is 2. The molecule has 2 aromatic carbocycles. The van der Waals surface area contributed by atoms with Gasteiger partial charge >= 0.3 is 0 Å². The van der Waals surface area contributed by atoms with Gasteiger partial charge in [-0.15, -0.1) is 0 Å². The van der Waals surface area contributed by atoms with E-state index in [0.29, 0.717) is 0 Å². The minimum atomic E-state index is -1.60. The van der Waals surface area contributed by atoms with Crippen LogP contribution in [0.2, 0.25) is 19.6 Å². The molecule has 2 rings (SSSR count). The predicted molar refractivity (Wildman–Crippen MR) is 105 cm³/mol. The molecule has 0 aromatic heterocycles. The molecule has 0 aliphatic heterocycles. The normalized spacial score (nSPS) is 11.7. The van der Waals surface area contributed by atoms with Crippen LogP contribution in [0.1, 0.15) is 11.1 Å². The monoisotopic (exact) mass is 360 g/mol. The Balaban J connectivity index is 2.22. The third-order valence-corrected chi connectivity index (χ3v) is 6.04. The Morgan fingerprint density at radius 1 is 0.833 bits per heavy atom. The van der Waals surface area contributed by atoms with Gasteiger partial charge in [0, 0.05) is 16.9 Å². The van der Waals surface area contributed by atoms with Crippen molar-refractivity contribution in [2.75, 3.05) is 14.2 Å². The molecule has 0 atom stereocenters. The van der Waals surface area contributed by atoms with Crippen LogP contribution < -0.4 is 9.47 Å². The summed E-state index contributed by atoms with van der Waals surface area (Å²) in [4.78, 5) is 1.06. The van der Waals surface area contributed by atoms with E-state index in [-0.39, 0.29) is 0 Å². The van der Waals surface area contributed by atoms with Gasteiger partial charge in [0.05, 0.1) is 14.2 Å². The third-order valence-electron chi connectivity index (χ3n) is 3.17. The molecule has 0 aliphatic carbocycles. The van der Waals surface area contributed by atoms with Crippen molar-refractivity contribution < 1.29 is 13.3 Å². The van der Waals surface area contributed by atoms with Crippen molar-refractivity contribution >= 4 is 32.5 Å². The standard InChI is InChI=1S/C19H24O3SSi/c1-20-17-11-7-15(8-12-17)6-9-16-10-13-18(21-2)14-19(16)23-22-24(3,4)5/h6-14H,1-5H3. The Hall–Kier alpha value is -1.69. The summed E-state index contributed by atoms with van der Waals surface area (Å²) in [6, 6.07) is 14.0. The van der Waals surface area contributed by atoms with Gasteiger partial charge < -0.3 is 13.3 Å². The van der Waals surface area contributed by atoms with Gasteiger partial charge in [-0.1, -0.05) is 30.4 Å². The first kappa shape index (κ1) is 18.6. The highest BCUT2D eigenvalue weighted by Gasteiger charge is 2.16. The van der Waals surface area contributed by atoms with E-state index in [1.165, 1.54) is 12.0 Å². The van der Waals surface area contributed by atoms with Gasteiger partial charge in [-0.3, -0.25) is 0 Å². The third kappa shape index (κ3) is 5.74. The summed E-state index contributed by atoms with van der Waals surface area (Å²) in [6.07, 6.45) is 4.18. The zero-order chi connectivity index (χ0) is 17.6. The number of benzene rings is 2. The lowest BCUT2D eigenvalue weighted by molar-refractivity contribution is 0.413. The molecule has 0 unspecified atom stereocenters. The Morgan fingerprint density at radius 3 is 2.04 bits per heavy atom. The summed E-state index contributed by atoms with van der Waals surface area (Å²) < 4.78 is 16.5. The van der Waals surface area contributed by atoms with Crippen LogP contribution >= 0.6 is 12.0 Å². The summed E-state index contributed by atoms with van der Waals surface area (Å²) in [5.74, 6) is 1.69. The first-order valence-electron chi connectivity index (χ1n) is 7.77. The minimum Gasteiger partial charge on any atom is -0.497 e. The number of hydrogen-bond donors (Lipinski definition) is 0. The van der Waals surface area contributed by atoms with Gasteiger partial charge in [0.15, 0.2) is 0 Å². The average molecular weight is 361 g/mol. The molecule has 0 radical (unpaired) electrons. The topological polar surface area (TPSA) is 27.7 Å². The van der Waals surface area contributed by atoms with Crippen molar-refractivity contribution in [3.63, 3.8) is 0 Å². The average Bonchev–Trinajstić information content (AvgIpc) is 2.58. The van der Waals surface area contributed by atoms with E-state index < -0.39 is 8.32 Å². The van der Waals surface area contributed by atoms with Crippen LogP contribution in [0.4, 0.5) is 0 Å². The second-order valence-electron chi connectivity index (χ2n) is 6.29. The Bertz CT molecular complexity index is 691. The van der Waals surface area contributed by atoms with E-state index >= 15 is 0 Å². The molecule has 2 aromatic rings. The van der Waals surface area contributed by atoms with Crippen molar-refractivity contribution in [1.29, 1.82) is 0 Å². The zero-order valence-corrected chi connectivity index (χ0v) is 16.6. The lowest BCUT2D eigenvalue weighted by atomic mass is 10.1. The molecule has 0 saturated carbocycles. The number of hydrogen-bond acceptors (Lipinski definition) is 4. The van der Waals surface area contributed by atoms with E-state index in [1.807, 2.05) is 36.4 Å². The second kappa shape index (κ2) is 8.42. The van der Waals surface area contributed by atoms with Crippen molar-refractivity contribution in [3.8, 4) is 11.5 Å². The van der Waals surface area contributed by atoms with E-state index in [2.05, 4.69) is 37.9 Å². The van der Waals surface area contributed by atoms with Crippen LogP contribution in [-0.2, 0) is 3.87 Å². The fourth-order valence-corrected chi connectivity index (χ4v) is 3.68. The summed E-state index contributed by atoms with van der Waals surface area (Å²) in [5, 5.41) is 0. The maximum absolute atomic E-state index is 5.99. The van der Waals surface area contributed by atoms with Crippen LogP contribution in [0.5, 0.6) is 11.5 Å². The Morgan fingerprint density at radius 2 is 1.46 bits per heavy atom. The molecule has 0 bridgehead atoms. The highest BCUT2D eigenvalue weighted by Crippen LogP contribution is 2.31. The largest absolute Gasteiger partial charge is 0.497 e. The van der Waals surface area contributed by atoms with E-state index in [4.69, 9.17) is 13.3 Å². The van der Waals surface area contributed by atoms with Gasteiger partial charge in [0.25, 0.3) is 0 Å². The van der Waals surface area contributed by atoms with Gasteiger partial charge in [-0.05, 0) is 55.0 Å². The van der Waals surface area contributed by atoms with Crippen molar-refractivity contribution in [2.24, 2.45) is 0 Å². The van der Waals surface area contributed by atoms with Crippen molar-refractivity contribution in [2.45, 2.75) is 24.5 Å². The molecule has 0 fully saturated rings. The number of rotatable bonds is 7. The molecular weight excluding hydrogens is 336 g/mol. The summed E-state index contributed by atoms with van der Waals surface area (Å²) in [6.45, 7) is 6.52. The number of methoxy groups -OCH3 is 2. The summed E-state index contributed by atoms with van der Waals surface area (Å²) >= 11 is 1.44. The maximum atomic E-state index is 5.99. The molecule has 0 amide bonds. The molecule has 0 N–H and O–H groups in total. The smallest absolute Gasteiger partial charge is 0.202 e. The molecule has 0 saturated heterocycles. The van der Waals surface area contributed by atoms with Gasteiger partial charge in [0.2, 0.25) is 8.32 Å². The van der Waals surface area contributed by atoms with E-state index in [1.54, 1.807) is 14.2 Å². The molecule has 0 aliphatic rings. The SMILES string of the molecule is COc1ccc(C=Cc2ccc(OC)cc2SO[Si](C)(C)C)cc1. The van der Waals surface area contributed by atoms with E-state index in [9.17, 15) is 0 Å². The lowest BCUT2D eigenvalue weighted by Gasteiger charge is -2.16. The van der Waals surface area contributed by atoms with Gasteiger partial charge in [-0.25, -0.2) is 0 Å². The minimum absolute atomic E-state index is 0.832. The van der Waals surface area contributed by atoms with Crippen molar-refractivity contribution in [1.82, 2.24) is 0 Å². The fraction of sp³-hybridized carbons (Fsp3) is 0.263. The summed E-state index contributed by atoms with van der Waals surface area (Å²) in [5.41, 5.74) is 2.23. The maximum Gasteiger partial charge on any atom is 0.202 e. The molecule has 3 nitrogen and oxygen atoms in total. The molecule has 5 heteroatoms. The quantitative estimate of drug-likeness (QED) is 0.358. The molecule has 0 heterocycles. The van der Waals surface area contributed by atoms with Gasteiger partial charge in [-0.2, -0.15) is 0 Å². The molecule has 0 spiro atoms. The highest BCUT2D eigenvalue weighted by atomic mass is 32.2. The van der Waals surface area contributed by atoms with Crippen LogP contribution in [0.3, 0.4) is 0 Å². The first-order valence-corrected chi connectivity index (χ1v) is 11.9. The Kier molecular flexibility index (Phi) is 6.54. The molecule has 128 valence electrons.